The van der Waals surface area contributed by atoms with E-state index >= 15 is 0 Å². The van der Waals surface area contributed by atoms with E-state index in [0.717, 1.165) is 19.4 Å². The first-order valence-electron chi connectivity index (χ1n) is 7.20. The molecule has 6 heteroatoms. The van der Waals surface area contributed by atoms with Gasteiger partial charge in [0.05, 0.1) is 4.90 Å². The maximum absolute atomic E-state index is 13.3. The number of sulfonamides is 1. The molecule has 4 nitrogen and oxygen atoms in total. The van der Waals surface area contributed by atoms with E-state index in [1.54, 1.807) is 13.8 Å². The third-order valence-electron chi connectivity index (χ3n) is 4.22. The zero-order chi connectivity index (χ0) is 15.8. The molecule has 1 fully saturated rings. The third kappa shape index (κ3) is 3.62. The minimum Gasteiger partial charge on any atom is -0.304 e. The van der Waals surface area contributed by atoms with Crippen LogP contribution in [0.4, 0.5) is 4.39 Å². The molecule has 1 aromatic rings. The van der Waals surface area contributed by atoms with Gasteiger partial charge in [0.15, 0.2) is 0 Å². The second-order valence-electron chi connectivity index (χ2n) is 6.04. The van der Waals surface area contributed by atoms with E-state index in [4.69, 9.17) is 0 Å². The molecule has 1 saturated heterocycles. The third-order valence-corrected chi connectivity index (χ3v) is 6.05. The number of nitrogens with zero attached hydrogens (tertiary/aromatic N) is 1. The zero-order valence-electron chi connectivity index (χ0n) is 13.0. The second-order valence-corrected chi connectivity index (χ2v) is 7.69. The van der Waals surface area contributed by atoms with E-state index in [1.165, 1.54) is 12.1 Å². The van der Waals surface area contributed by atoms with Crippen LogP contribution in [0, 0.1) is 19.7 Å². The average Bonchev–Trinajstić information content (AvgIpc) is 2.31. The number of aryl methyl sites for hydroxylation is 2. The van der Waals surface area contributed by atoms with Crippen LogP contribution in [-0.2, 0) is 10.0 Å². The summed E-state index contributed by atoms with van der Waals surface area (Å²) in [5.74, 6) is -0.406. The first-order chi connectivity index (χ1) is 9.70. The van der Waals surface area contributed by atoms with Crippen LogP contribution in [0.25, 0.3) is 0 Å². The van der Waals surface area contributed by atoms with Gasteiger partial charge in [0.25, 0.3) is 0 Å². The molecule has 2 unspecified atom stereocenters. The summed E-state index contributed by atoms with van der Waals surface area (Å²) in [6.07, 6.45) is 1.58. The molecule has 0 radical (unpaired) electrons. The monoisotopic (exact) mass is 314 g/mol. The van der Waals surface area contributed by atoms with Crippen molar-refractivity contribution in [2.75, 3.05) is 13.6 Å². The molecular weight excluding hydrogens is 291 g/mol. The number of rotatable bonds is 3. The number of halogens is 1. The van der Waals surface area contributed by atoms with Crippen molar-refractivity contribution in [1.29, 1.82) is 0 Å². The van der Waals surface area contributed by atoms with E-state index in [2.05, 4.69) is 16.5 Å². The Kier molecular flexibility index (Phi) is 4.70. The summed E-state index contributed by atoms with van der Waals surface area (Å²) < 4.78 is 41.3. The molecule has 118 valence electrons. The van der Waals surface area contributed by atoms with Gasteiger partial charge >= 0.3 is 0 Å². The Hall–Kier alpha value is -0.980. The quantitative estimate of drug-likeness (QED) is 0.930. The summed E-state index contributed by atoms with van der Waals surface area (Å²) in [5.41, 5.74) is 0.891. The molecule has 21 heavy (non-hydrogen) atoms. The molecule has 0 bridgehead atoms. The van der Waals surface area contributed by atoms with E-state index in [9.17, 15) is 12.8 Å². The molecule has 0 saturated carbocycles. The second kappa shape index (κ2) is 6.02. The summed E-state index contributed by atoms with van der Waals surface area (Å²) in [5, 5.41) is 0. The lowest BCUT2D eigenvalue weighted by Gasteiger charge is -2.35. The number of likely N-dealkylation sites (tertiary alicyclic amines) is 1. The van der Waals surface area contributed by atoms with E-state index in [-0.39, 0.29) is 10.9 Å². The van der Waals surface area contributed by atoms with Gasteiger partial charge in [0, 0.05) is 12.1 Å². The van der Waals surface area contributed by atoms with Crippen LogP contribution in [0.5, 0.6) is 0 Å². The van der Waals surface area contributed by atoms with Gasteiger partial charge in [-0.3, -0.25) is 0 Å². The summed E-state index contributed by atoms with van der Waals surface area (Å²) in [6.45, 7) is 6.22. The van der Waals surface area contributed by atoms with Crippen molar-refractivity contribution < 1.29 is 12.8 Å². The molecule has 1 N–H and O–H groups in total. The summed E-state index contributed by atoms with van der Waals surface area (Å²) in [6, 6.07) is 2.81. The highest BCUT2D eigenvalue weighted by atomic mass is 32.2. The Morgan fingerprint density at radius 3 is 2.38 bits per heavy atom. The molecule has 0 amide bonds. The number of hydrogen-bond acceptors (Lipinski definition) is 3. The number of benzene rings is 1. The van der Waals surface area contributed by atoms with Gasteiger partial charge in [-0.05, 0) is 70.5 Å². The minimum atomic E-state index is -3.61. The van der Waals surface area contributed by atoms with Crippen LogP contribution in [0.2, 0.25) is 0 Å². The van der Waals surface area contributed by atoms with Gasteiger partial charge in [-0.1, -0.05) is 0 Å². The number of piperidine rings is 1. The van der Waals surface area contributed by atoms with E-state index in [0.29, 0.717) is 17.2 Å². The standard InChI is InChI=1S/C15H23FN2O2S/c1-10-7-13(16)8-11(2)15(10)21(19,20)17-14-5-6-18(4)12(3)9-14/h7-8,12,14,17H,5-6,9H2,1-4H3. The Morgan fingerprint density at radius 1 is 1.29 bits per heavy atom. The Balaban J connectivity index is 2.24. The van der Waals surface area contributed by atoms with Crippen molar-refractivity contribution in [3.63, 3.8) is 0 Å². The fraction of sp³-hybridized carbons (Fsp3) is 0.600. The fourth-order valence-electron chi connectivity index (χ4n) is 3.00. The van der Waals surface area contributed by atoms with Gasteiger partial charge in [-0.15, -0.1) is 0 Å². The predicted octanol–water partition coefficient (Wildman–Crippen LogP) is 2.20. The lowest BCUT2D eigenvalue weighted by atomic mass is 10.0. The summed E-state index contributed by atoms with van der Waals surface area (Å²) in [7, 11) is -1.57. The van der Waals surface area contributed by atoms with Crippen LogP contribution in [0.15, 0.2) is 17.0 Å². The van der Waals surface area contributed by atoms with Crippen LogP contribution in [0.1, 0.15) is 30.9 Å². The highest BCUT2D eigenvalue weighted by Gasteiger charge is 2.28. The molecule has 1 heterocycles. The normalized spacial score (nSPS) is 24.2. The first kappa shape index (κ1) is 16.4. The SMILES string of the molecule is Cc1cc(F)cc(C)c1S(=O)(=O)NC1CCN(C)C(C)C1. The molecule has 2 atom stereocenters. The first-order valence-corrected chi connectivity index (χ1v) is 8.68. The summed E-state index contributed by atoms with van der Waals surface area (Å²) in [4.78, 5) is 2.43. The largest absolute Gasteiger partial charge is 0.304 e. The lowest BCUT2D eigenvalue weighted by Crippen LogP contribution is -2.47. The minimum absolute atomic E-state index is 0.0648. The zero-order valence-corrected chi connectivity index (χ0v) is 13.8. The maximum Gasteiger partial charge on any atom is 0.241 e. The van der Waals surface area contributed by atoms with Crippen molar-refractivity contribution in [1.82, 2.24) is 9.62 Å². The van der Waals surface area contributed by atoms with Gasteiger partial charge in [0.2, 0.25) is 10.0 Å². The van der Waals surface area contributed by atoms with Crippen LogP contribution in [-0.4, -0.2) is 39.0 Å². The lowest BCUT2D eigenvalue weighted by molar-refractivity contribution is 0.178. The van der Waals surface area contributed by atoms with Crippen molar-refractivity contribution >= 4 is 10.0 Å². The fourth-order valence-corrected chi connectivity index (χ4v) is 4.73. The molecule has 0 spiro atoms. The van der Waals surface area contributed by atoms with Gasteiger partial charge < -0.3 is 4.90 Å². The number of nitrogens with one attached hydrogen (secondary N) is 1. The molecule has 2 rings (SSSR count). The Bertz CT molecular complexity index is 608. The molecule has 1 aliphatic heterocycles. The number of hydrogen-bond donors (Lipinski definition) is 1. The topological polar surface area (TPSA) is 49.4 Å². The molecule has 1 aliphatic rings. The van der Waals surface area contributed by atoms with E-state index in [1.807, 2.05) is 7.05 Å². The smallest absolute Gasteiger partial charge is 0.241 e. The summed E-state index contributed by atoms with van der Waals surface area (Å²) >= 11 is 0. The van der Waals surface area contributed by atoms with Gasteiger partial charge in [0.1, 0.15) is 5.82 Å². The molecule has 1 aromatic carbocycles. The molecule has 0 aliphatic carbocycles. The van der Waals surface area contributed by atoms with Gasteiger partial charge in [-0.25, -0.2) is 17.5 Å². The van der Waals surface area contributed by atoms with Crippen molar-refractivity contribution in [3.05, 3.63) is 29.1 Å². The van der Waals surface area contributed by atoms with Crippen LogP contribution >= 0.6 is 0 Å². The Labute approximate surface area is 126 Å². The van der Waals surface area contributed by atoms with Crippen molar-refractivity contribution in [2.24, 2.45) is 0 Å². The van der Waals surface area contributed by atoms with Crippen LogP contribution < -0.4 is 4.72 Å². The van der Waals surface area contributed by atoms with Crippen molar-refractivity contribution in [3.8, 4) is 0 Å². The predicted molar refractivity (Wildman–Crippen MR) is 81.3 cm³/mol. The Morgan fingerprint density at radius 2 is 1.86 bits per heavy atom. The van der Waals surface area contributed by atoms with Crippen LogP contribution in [0.3, 0.4) is 0 Å². The average molecular weight is 314 g/mol. The molecular formula is C15H23FN2O2S. The van der Waals surface area contributed by atoms with Gasteiger partial charge in [-0.2, -0.15) is 0 Å². The highest BCUT2D eigenvalue weighted by Crippen LogP contribution is 2.23. The molecule has 0 aromatic heterocycles. The maximum atomic E-state index is 13.3. The van der Waals surface area contributed by atoms with E-state index < -0.39 is 15.8 Å². The van der Waals surface area contributed by atoms with Crippen molar-refractivity contribution in [2.45, 2.75) is 50.6 Å². The highest BCUT2D eigenvalue weighted by molar-refractivity contribution is 7.89.